The zero-order valence-corrected chi connectivity index (χ0v) is 29.3. The van der Waals surface area contributed by atoms with Crippen molar-refractivity contribution in [1.82, 2.24) is 31.5 Å². The van der Waals surface area contributed by atoms with E-state index < -0.39 is 78.2 Å². The van der Waals surface area contributed by atoms with E-state index in [0.717, 1.165) is 0 Å². The van der Waals surface area contributed by atoms with Gasteiger partial charge in [-0.2, -0.15) is 0 Å². The zero-order valence-electron chi connectivity index (χ0n) is 29.3. The van der Waals surface area contributed by atoms with Gasteiger partial charge in [-0.3, -0.25) is 28.8 Å². The summed E-state index contributed by atoms with van der Waals surface area (Å²) in [7, 11) is 3.28. The molecule has 0 saturated carbocycles. The van der Waals surface area contributed by atoms with Crippen molar-refractivity contribution >= 4 is 41.4 Å². The van der Waals surface area contributed by atoms with Gasteiger partial charge in [0.05, 0.1) is 13.2 Å². The third-order valence-electron chi connectivity index (χ3n) is 6.99. The van der Waals surface area contributed by atoms with Crippen LogP contribution >= 0.6 is 0 Å². The Bertz CT molecular complexity index is 1090. The zero-order chi connectivity index (χ0) is 36.3. The lowest BCUT2D eigenvalue weighted by Crippen LogP contribution is -2.59. The minimum absolute atomic E-state index is 0.0118. The molecule has 0 heterocycles. The van der Waals surface area contributed by atoms with Gasteiger partial charge in [0.25, 0.3) is 0 Å². The summed E-state index contributed by atoms with van der Waals surface area (Å²) in [6.07, 6.45) is 4.63. The van der Waals surface area contributed by atoms with Crippen molar-refractivity contribution in [3.63, 3.8) is 0 Å². The van der Waals surface area contributed by atoms with E-state index in [0.29, 0.717) is 25.7 Å². The van der Waals surface area contributed by atoms with Gasteiger partial charge in [-0.05, 0) is 51.4 Å². The standard InChI is InChI=1S/C32H56N6O9/c1-10-47-27(42)14-12-11-13-23(15-16-26(41)38(8)9)35-30(44)24(17-19(2)3)36-32(46)28(20(4)5)37-29(43)21(6)33-31(45)25(18-39)34-22(7)40/h12,14,19-21,23-25,28,39H,10-11,13,15-18H2,1-9H3,(H,33,45)(H,34,40)(H,35,44)(H,36,46)(H,37,43)/b14-12+/t21-,23+,24-,25-,28-/m0/s1. The molecule has 0 aliphatic rings. The van der Waals surface area contributed by atoms with Crippen LogP contribution in [0.5, 0.6) is 0 Å². The topological polar surface area (TPSA) is 212 Å². The van der Waals surface area contributed by atoms with Gasteiger partial charge in [0.1, 0.15) is 24.2 Å². The molecule has 0 spiro atoms. The Balaban J connectivity index is 5.73. The molecular formula is C32H56N6O9. The fourth-order valence-corrected chi connectivity index (χ4v) is 4.38. The molecular weight excluding hydrogens is 612 g/mol. The Morgan fingerprint density at radius 2 is 1.40 bits per heavy atom. The van der Waals surface area contributed by atoms with Gasteiger partial charge in [-0.15, -0.1) is 0 Å². The average molecular weight is 669 g/mol. The van der Waals surface area contributed by atoms with Crippen molar-refractivity contribution in [2.75, 3.05) is 27.3 Å². The van der Waals surface area contributed by atoms with Gasteiger partial charge < -0.3 is 41.3 Å². The predicted octanol–water partition coefficient (Wildman–Crippen LogP) is -0.0875. The van der Waals surface area contributed by atoms with Crippen molar-refractivity contribution in [3.05, 3.63) is 12.2 Å². The summed E-state index contributed by atoms with van der Waals surface area (Å²) < 4.78 is 4.89. The number of rotatable bonds is 21. The number of aliphatic hydroxyl groups excluding tert-OH is 1. The van der Waals surface area contributed by atoms with Crippen LogP contribution in [0, 0.1) is 11.8 Å². The fraction of sp³-hybridized carbons (Fsp3) is 0.719. The molecule has 5 atom stereocenters. The van der Waals surface area contributed by atoms with E-state index in [2.05, 4.69) is 26.6 Å². The molecule has 0 saturated heterocycles. The minimum atomic E-state index is -1.25. The van der Waals surface area contributed by atoms with E-state index in [4.69, 9.17) is 4.74 Å². The van der Waals surface area contributed by atoms with Crippen LogP contribution in [0.3, 0.4) is 0 Å². The smallest absolute Gasteiger partial charge is 0.330 e. The Kier molecular flexibility index (Phi) is 20.6. The summed E-state index contributed by atoms with van der Waals surface area (Å²) in [5, 5.41) is 22.4. The van der Waals surface area contributed by atoms with Crippen LogP contribution in [0.1, 0.15) is 80.6 Å². The van der Waals surface area contributed by atoms with Crippen molar-refractivity contribution in [2.45, 2.75) is 111 Å². The highest BCUT2D eigenvalue weighted by Crippen LogP contribution is 2.12. The number of hydrogen-bond donors (Lipinski definition) is 6. The van der Waals surface area contributed by atoms with Crippen LogP contribution < -0.4 is 26.6 Å². The maximum Gasteiger partial charge on any atom is 0.330 e. The van der Waals surface area contributed by atoms with E-state index in [1.807, 2.05) is 13.8 Å². The molecule has 0 aliphatic heterocycles. The Morgan fingerprint density at radius 3 is 1.91 bits per heavy atom. The lowest BCUT2D eigenvalue weighted by atomic mass is 9.98. The number of allylic oxidation sites excluding steroid dienone is 1. The molecule has 0 aromatic rings. The molecule has 0 aromatic heterocycles. The first-order valence-electron chi connectivity index (χ1n) is 16.1. The summed E-state index contributed by atoms with van der Waals surface area (Å²) in [5.74, 6) is -4.02. The van der Waals surface area contributed by atoms with Gasteiger partial charge in [0.2, 0.25) is 35.4 Å². The van der Waals surface area contributed by atoms with Crippen LogP contribution in [0.15, 0.2) is 12.2 Å². The molecule has 6 N–H and O–H groups in total. The van der Waals surface area contributed by atoms with Gasteiger partial charge in [0.15, 0.2) is 0 Å². The number of aliphatic hydroxyl groups is 1. The summed E-state index contributed by atoms with van der Waals surface area (Å²) in [4.78, 5) is 89.0. The number of nitrogens with one attached hydrogen (secondary N) is 5. The van der Waals surface area contributed by atoms with Crippen LogP contribution in [0.4, 0.5) is 0 Å². The third kappa shape index (κ3) is 18.1. The Morgan fingerprint density at radius 1 is 0.787 bits per heavy atom. The first-order chi connectivity index (χ1) is 21.9. The molecule has 15 nitrogen and oxygen atoms in total. The molecule has 47 heavy (non-hydrogen) atoms. The van der Waals surface area contributed by atoms with Crippen LogP contribution in [-0.2, 0) is 38.3 Å². The second-order valence-electron chi connectivity index (χ2n) is 12.4. The Labute approximate surface area is 278 Å². The normalized spacial score (nSPS) is 14.4. The Hall–Kier alpha value is -4.01. The predicted molar refractivity (Wildman–Crippen MR) is 175 cm³/mol. The quantitative estimate of drug-likeness (QED) is 0.0712. The number of nitrogens with zero attached hydrogens (tertiary/aromatic N) is 1. The highest BCUT2D eigenvalue weighted by atomic mass is 16.5. The maximum absolute atomic E-state index is 13.5. The molecule has 0 aliphatic carbocycles. The highest BCUT2D eigenvalue weighted by molar-refractivity contribution is 5.95. The number of esters is 1. The first-order valence-corrected chi connectivity index (χ1v) is 16.1. The van der Waals surface area contributed by atoms with Crippen LogP contribution in [0.2, 0.25) is 0 Å². The van der Waals surface area contributed by atoms with Gasteiger partial charge in [0, 0.05) is 39.6 Å². The van der Waals surface area contributed by atoms with E-state index in [-0.39, 0.29) is 24.9 Å². The number of carbonyl (C=O) groups is 7. The van der Waals surface area contributed by atoms with Crippen molar-refractivity contribution in [1.29, 1.82) is 0 Å². The molecule has 15 heteroatoms. The summed E-state index contributed by atoms with van der Waals surface area (Å²) in [6, 6.07) is -4.81. The number of amides is 6. The monoisotopic (exact) mass is 668 g/mol. The molecule has 0 unspecified atom stereocenters. The largest absolute Gasteiger partial charge is 0.463 e. The number of ether oxygens (including phenoxy) is 1. The molecule has 0 radical (unpaired) electrons. The lowest BCUT2D eigenvalue weighted by molar-refractivity contribution is -0.137. The number of hydrogen-bond acceptors (Lipinski definition) is 9. The fourth-order valence-electron chi connectivity index (χ4n) is 4.38. The van der Waals surface area contributed by atoms with Crippen molar-refractivity contribution in [2.24, 2.45) is 11.8 Å². The second-order valence-corrected chi connectivity index (χ2v) is 12.4. The summed E-state index contributed by atoms with van der Waals surface area (Å²) in [6.45, 7) is 11.1. The van der Waals surface area contributed by atoms with Gasteiger partial charge in [-0.1, -0.05) is 33.8 Å². The molecule has 0 rings (SSSR count). The average Bonchev–Trinajstić information content (AvgIpc) is 2.97. The van der Waals surface area contributed by atoms with Crippen LogP contribution in [-0.4, -0.2) is 109 Å². The first kappa shape index (κ1) is 43.0. The van der Waals surface area contributed by atoms with E-state index in [9.17, 15) is 38.7 Å². The van der Waals surface area contributed by atoms with Crippen molar-refractivity contribution < 1.29 is 43.4 Å². The van der Waals surface area contributed by atoms with E-state index >= 15 is 0 Å². The molecule has 0 aromatic carbocycles. The second kappa shape index (κ2) is 22.5. The molecule has 0 fully saturated rings. The molecule has 0 bridgehead atoms. The highest BCUT2D eigenvalue weighted by Gasteiger charge is 2.32. The van der Waals surface area contributed by atoms with Crippen LogP contribution in [0.25, 0.3) is 0 Å². The van der Waals surface area contributed by atoms with E-state index in [1.54, 1.807) is 40.9 Å². The maximum atomic E-state index is 13.5. The third-order valence-corrected chi connectivity index (χ3v) is 6.99. The SMILES string of the molecule is CCOC(=O)/C=C/CC[C@H](CCC(=O)N(C)C)NC(=O)[C@H](CC(C)C)NC(=O)[C@@H](NC(=O)[C@H](C)NC(=O)[C@H](CO)NC(C)=O)C(C)C. The van der Waals surface area contributed by atoms with Crippen molar-refractivity contribution in [3.8, 4) is 0 Å². The summed E-state index contributed by atoms with van der Waals surface area (Å²) in [5.41, 5.74) is 0. The van der Waals surface area contributed by atoms with E-state index in [1.165, 1.54) is 24.8 Å². The van der Waals surface area contributed by atoms with Gasteiger partial charge >= 0.3 is 5.97 Å². The van der Waals surface area contributed by atoms with Gasteiger partial charge in [-0.25, -0.2) is 4.79 Å². The molecule has 6 amide bonds. The number of carbonyl (C=O) groups excluding carboxylic acids is 7. The summed E-state index contributed by atoms with van der Waals surface area (Å²) >= 11 is 0. The lowest BCUT2D eigenvalue weighted by Gasteiger charge is -2.28. The molecule has 268 valence electrons. The minimum Gasteiger partial charge on any atom is -0.463 e.